The van der Waals surface area contributed by atoms with Gasteiger partial charge in [0.1, 0.15) is 5.75 Å². The number of aromatic nitrogens is 1. The normalized spacial score (nSPS) is 11.4. The number of phenolic OH excluding ortho intramolecular Hbond substituents is 2. The Labute approximate surface area is 151 Å². The molecular weight excluding hydrogens is 350 g/mol. The van der Waals surface area contributed by atoms with E-state index < -0.39 is 11.8 Å². The summed E-state index contributed by atoms with van der Waals surface area (Å²) in [5.41, 5.74) is 0.179. The topological polar surface area (TPSA) is 125 Å². The first-order chi connectivity index (χ1) is 13.1. The molecule has 4 aromatic rings. The van der Waals surface area contributed by atoms with Crippen LogP contribution in [0.2, 0.25) is 0 Å². The monoisotopic (exact) mass is 361 g/mol. The lowest BCUT2D eigenvalue weighted by Crippen LogP contribution is -1.96. The molecule has 2 aromatic heterocycles. The maximum Gasteiger partial charge on any atom is 0.331 e. The van der Waals surface area contributed by atoms with Gasteiger partial charge in [-0.3, -0.25) is 14.6 Å². The average molecular weight is 361 g/mol. The first kappa shape index (κ1) is 16.4. The zero-order chi connectivity index (χ0) is 19.0. The highest BCUT2D eigenvalue weighted by Gasteiger charge is 2.20. The standard InChI is InChI=1S/C19H11N3O5/c23-15-11-3-1-2-4-12(11)16(24)17-13(15)9-14(27-17)19(26)22-21-18(25)10-5-7-20-8-6-10/h1-9,23-24H. The van der Waals surface area contributed by atoms with Crippen LogP contribution in [0.5, 0.6) is 11.5 Å². The van der Waals surface area contributed by atoms with E-state index in [2.05, 4.69) is 15.2 Å². The molecule has 2 heterocycles. The van der Waals surface area contributed by atoms with Gasteiger partial charge in [0.2, 0.25) is 0 Å². The predicted molar refractivity (Wildman–Crippen MR) is 94.8 cm³/mol. The molecule has 0 aliphatic heterocycles. The van der Waals surface area contributed by atoms with Crippen molar-refractivity contribution in [2.45, 2.75) is 0 Å². The summed E-state index contributed by atoms with van der Waals surface area (Å²) in [5.74, 6) is -2.24. The van der Waals surface area contributed by atoms with Crippen molar-refractivity contribution in [3.8, 4) is 11.5 Å². The van der Waals surface area contributed by atoms with Crippen LogP contribution in [0.3, 0.4) is 0 Å². The highest BCUT2D eigenvalue weighted by Crippen LogP contribution is 2.42. The molecule has 2 amide bonds. The maximum absolute atomic E-state index is 12.2. The summed E-state index contributed by atoms with van der Waals surface area (Å²) in [6, 6.07) is 10.8. The maximum atomic E-state index is 12.2. The largest absolute Gasteiger partial charge is 0.507 e. The van der Waals surface area contributed by atoms with Crippen molar-refractivity contribution >= 4 is 33.6 Å². The van der Waals surface area contributed by atoms with Gasteiger partial charge in [0, 0.05) is 34.8 Å². The van der Waals surface area contributed by atoms with Crippen molar-refractivity contribution in [3.05, 3.63) is 66.2 Å². The summed E-state index contributed by atoms with van der Waals surface area (Å²) in [5, 5.41) is 28.4. The van der Waals surface area contributed by atoms with Crippen LogP contribution in [0.25, 0.3) is 21.7 Å². The molecule has 4 rings (SSSR count). The minimum Gasteiger partial charge on any atom is -0.507 e. The number of amides is 2. The third kappa shape index (κ3) is 2.78. The molecule has 0 aliphatic carbocycles. The molecule has 8 heteroatoms. The summed E-state index contributed by atoms with van der Waals surface area (Å²) >= 11 is 0. The fourth-order valence-corrected chi connectivity index (χ4v) is 2.70. The van der Waals surface area contributed by atoms with Gasteiger partial charge in [0.05, 0.1) is 5.39 Å². The number of phenols is 2. The molecule has 8 nitrogen and oxygen atoms in total. The number of hydrogen-bond donors (Lipinski definition) is 2. The number of aromatic hydroxyl groups is 2. The zero-order valence-corrected chi connectivity index (χ0v) is 13.7. The summed E-state index contributed by atoms with van der Waals surface area (Å²) < 4.78 is 5.35. The summed E-state index contributed by atoms with van der Waals surface area (Å²) in [7, 11) is 0. The third-order valence-electron chi connectivity index (χ3n) is 4.01. The van der Waals surface area contributed by atoms with Crippen molar-refractivity contribution in [1.29, 1.82) is 0 Å². The second-order valence-electron chi connectivity index (χ2n) is 5.64. The number of pyridine rings is 1. The van der Waals surface area contributed by atoms with Gasteiger partial charge in [-0.25, -0.2) is 0 Å². The number of fused-ring (bicyclic) bond motifs is 2. The fraction of sp³-hybridized carbons (Fsp3) is 0. The van der Waals surface area contributed by atoms with E-state index in [4.69, 9.17) is 4.42 Å². The lowest BCUT2D eigenvalue weighted by atomic mass is 10.1. The Hall–Kier alpha value is -4.07. The van der Waals surface area contributed by atoms with E-state index >= 15 is 0 Å². The Balaban J connectivity index is 1.72. The van der Waals surface area contributed by atoms with Crippen molar-refractivity contribution in [2.24, 2.45) is 10.2 Å². The van der Waals surface area contributed by atoms with E-state index in [-0.39, 0.29) is 33.8 Å². The highest BCUT2D eigenvalue weighted by molar-refractivity contribution is 6.10. The summed E-state index contributed by atoms with van der Waals surface area (Å²) in [6.07, 6.45) is 2.83. The van der Waals surface area contributed by atoms with Crippen molar-refractivity contribution in [2.75, 3.05) is 0 Å². The molecule has 0 atom stereocenters. The van der Waals surface area contributed by atoms with Crippen LogP contribution in [0.1, 0.15) is 20.9 Å². The van der Waals surface area contributed by atoms with Crippen LogP contribution >= 0.6 is 0 Å². The van der Waals surface area contributed by atoms with Crippen molar-refractivity contribution in [3.63, 3.8) is 0 Å². The number of hydrogen-bond acceptors (Lipinski definition) is 6. The Morgan fingerprint density at radius 1 is 0.852 bits per heavy atom. The summed E-state index contributed by atoms with van der Waals surface area (Å²) in [6.45, 7) is 0. The number of carbonyl (C=O) groups excluding carboxylic acids is 2. The van der Waals surface area contributed by atoms with E-state index in [1.165, 1.54) is 30.6 Å². The fourth-order valence-electron chi connectivity index (χ4n) is 2.70. The molecule has 2 N–H and O–H groups in total. The molecule has 0 unspecified atom stereocenters. The van der Waals surface area contributed by atoms with Crippen LogP contribution in [0, 0.1) is 0 Å². The molecule has 27 heavy (non-hydrogen) atoms. The van der Waals surface area contributed by atoms with Crippen LogP contribution in [-0.4, -0.2) is 27.0 Å². The number of carbonyl (C=O) groups is 2. The van der Waals surface area contributed by atoms with E-state index in [0.717, 1.165) is 0 Å². The molecule has 0 spiro atoms. The molecule has 0 aliphatic rings. The molecule has 0 fully saturated rings. The Morgan fingerprint density at radius 3 is 2.19 bits per heavy atom. The Kier molecular flexibility index (Phi) is 3.85. The zero-order valence-electron chi connectivity index (χ0n) is 13.7. The summed E-state index contributed by atoms with van der Waals surface area (Å²) in [4.78, 5) is 27.8. The minimum atomic E-state index is -0.920. The van der Waals surface area contributed by atoms with E-state index in [0.29, 0.717) is 10.8 Å². The number of benzene rings is 2. The highest BCUT2D eigenvalue weighted by atomic mass is 16.4. The number of furan rings is 1. The van der Waals surface area contributed by atoms with Gasteiger partial charge in [-0.2, -0.15) is 0 Å². The molecule has 132 valence electrons. The Bertz CT molecular complexity index is 1170. The van der Waals surface area contributed by atoms with Gasteiger partial charge >= 0.3 is 5.91 Å². The smallest absolute Gasteiger partial charge is 0.331 e. The van der Waals surface area contributed by atoms with E-state index in [1.807, 2.05) is 0 Å². The molecule has 0 radical (unpaired) electrons. The molecule has 2 aromatic carbocycles. The lowest BCUT2D eigenvalue weighted by molar-refractivity contribution is 0.0933. The van der Waals surface area contributed by atoms with Gasteiger partial charge in [0.15, 0.2) is 17.1 Å². The third-order valence-corrected chi connectivity index (χ3v) is 4.01. The lowest BCUT2D eigenvalue weighted by Gasteiger charge is -2.04. The minimum absolute atomic E-state index is 0.0507. The number of azo groups is 1. The van der Waals surface area contributed by atoms with Gasteiger partial charge in [-0.15, -0.1) is 5.11 Å². The molecular formula is C19H11N3O5. The van der Waals surface area contributed by atoms with E-state index in [1.54, 1.807) is 24.3 Å². The molecule has 0 saturated carbocycles. The van der Waals surface area contributed by atoms with E-state index in [9.17, 15) is 19.8 Å². The molecule has 0 saturated heterocycles. The number of nitrogens with zero attached hydrogens (tertiary/aromatic N) is 3. The number of rotatable bonds is 2. The second-order valence-corrected chi connectivity index (χ2v) is 5.64. The van der Waals surface area contributed by atoms with Crippen LogP contribution in [-0.2, 0) is 0 Å². The van der Waals surface area contributed by atoms with Gasteiger partial charge in [-0.1, -0.05) is 29.4 Å². The SMILES string of the molecule is O=C(N=NC(=O)c1cc2c(O)c3ccccc3c(O)c2o1)c1ccncc1. The second kappa shape index (κ2) is 6.34. The average Bonchev–Trinajstić information content (AvgIpc) is 3.17. The van der Waals surface area contributed by atoms with Crippen LogP contribution in [0.15, 0.2) is 69.5 Å². The first-order valence-electron chi connectivity index (χ1n) is 7.83. The van der Waals surface area contributed by atoms with Crippen LogP contribution in [0.4, 0.5) is 0 Å². The van der Waals surface area contributed by atoms with Gasteiger partial charge in [-0.05, 0) is 12.1 Å². The first-order valence-corrected chi connectivity index (χ1v) is 7.83. The van der Waals surface area contributed by atoms with Gasteiger partial charge < -0.3 is 14.6 Å². The van der Waals surface area contributed by atoms with Crippen molar-refractivity contribution in [1.82, 2.24) is 4.98 Å². The predicted octanol–water partition coefficient (Wildman–Crippen LogP) is 3.83. The Morgan fingerprint density at radius 2 is 1.48 bits per heavy atom. The van der Waals surface area contributed by atoms with Crippen molar-refractivity contribution < 1.29 is 24.2 Å². The quantitative estimate of drug-likeness (QED) is 0.413. The van der Waals surface area contributed by atoms with Gasteiger partial charge in [0.25, 0.3) is 5.91 Å². The molecule has 0 bridgehead atoms. The van der Waals surface area contributed by atoms with Crippen LogP contribution < -0.4 is 0 Å².